The van der Waals surface area contributed by atoms with Crippen LogP contribution in [0.5, 0.6) is 0 Å². The second-order valence-electron chi connectivity index (χ2n) is 7.77. The van der Waals surface area contributed by atoms with E-state index in [0.29, 0.717) is 13.2 Å². The normalized spacial score (nSPS) is 15.8. The highest BCUT2D eigenvalue weighted by atomic mass is 79.9. The Morgan fingerprint density at radius 3 is 2.77 bits per heavy atom. The maximum Gasteiger partial charge on any atom is 0.410 e. The number of amides is 1. The van der Waals surface area contributed by atoms with Gasteiger partial charge in [-0.15, -0.1) is 0 Å². The Balaban J connectivity index is 1.68. The van der Waals surface area contributed by atoms with E-state index in [0.717, 1.165) is 47.3 Å². The van der Waals surface area contributed by atoms with Crippen molar-refractivity contribution < 1.29 is 9.53 Å². The molecule has 6 nitrogen and oxygen atoms in total. The predicted octanol–water partition coefficient (Wildman–Crippen LogP) is 4.34. The molecule has 0 saturated heterocycles. The van der Waals surface area contributed by atoms with Crippen molar-refractivity contribution in [3.05, 3.63) is 69.3 Å². The number of benzene rings is 2. The van der Waals surface area contributed by atoms with Gasteiger partial charge >= 0.3 is 6.09 Å². The number of aromatic nitrogens is 1. The summed E-state index contributed by atoms with van der Waals surface area (Å²) in [5.41, 5.74) is 5.75. The Bertz CT molecular complexity index is 1050. The molecule has 1 aliphatic heterocycles. The van der Waals surface area contributed by atoms with Crippen molar-refractivity contribution >= 4 is 32.9 Å². The first-order valence-corrected chi connectivity index (χ1v) is 11.6. The predicted molar refractivity (Wildman–Crippen MR) is 127 cm³/mol. The zero-order valence-electron chi connectivity index (χ0n) is 18.0. The zero-order chi connectivity index (χ0) is 21.8. The van der Waals surface area contributed by atoms with Crippen LogP contribution in [-0.2, 0) is 17.7 Å². The molecule has 1 unspecified atom stereocenters. The summed E-state index contributed by atoms with van der Waals surface area (Å²) in [6.45, 7) is 5.52. The number of nitrogens with one attached hydrogen (secondary N) is 3. The molecule has 0 radical (unpaired) electrons. The van der Waals surface area contributed by atoms with Crippen LogP contribution in [0.1, 0.15) is 35.3 Å². The number of carbonyl (C=O) groups excluding carboxylic acids is 1. The van der Waals surface area contributed by atoms with Crippen molar-refractivity contribution in [3.8, 4) is 0 Å². The van der Waals surface area contributed by atoms with Crippen LogP contribution >= 0.6 is 15.9 Å². The van der Waals surface area contributed by atoms with Gasteiger partial charge in [-0.25, -0.2) is 4.79 Å². The van der Waals surface area contributed by atoms with E-state index in [1.54, 1.807) is 0 Å². The molecule has 0 bridgehead atoms. The summed E-state index contributed by atoms with van der Waals surface area (Å²) in [5.74, 6) is 0. The van der Waals surface area contributed by atoms with Crippen LogP contribution in [0.25, 0.3) is 10.9 Å². The molecule has 1 amide bonds. The van der Waals surface area contributed by atoms with E-state index in [4.69, 9.17) is 4.74 Å². The third kappa shape index (κ3) is 4.63. The molecule has 0 aliphatic carbocycles. The van der Waals surface area contributed by atoms with Crippen molar-refractivity contribution in [1.29, 1.82) is 0 Å². The molecule has 7 heteroatoms. The monoisotopic (exact) mass is 484 g/mol. The van der Waals surface area contributed by atoms with Gasteiger partial charge in [-0.3, -0.25) is 4.90 Å². The van der Waals surface area contributed by atoms with Crippen LogP contribution in [-0.4, -0.2) is 49.3 Å². The first-order valence-electron chi connectivity index (χ1n) is 10.8. The number of nitrogens with zero attached hydrogens (tertiary/aromatic N) is 1. The molecular formula is C24H29BrN4O2. The van der Waals surface area contributed by atoms with E-state index >= 15 is 0 Å². The largest absolute Gasteiger partial charge is 0.450 e. The molecule has 2 heterocycles. The van der Waals surface area contributed by atoms with Gasteiger partial charge in [0, 0.05) is 47.2 Å². The van der Waals surface area contributed by atoms with Crippen LogP contribution in [0.3, 0.4) is 0 Å². The maximum atomic E-state index is 12.8. The molecule has 1 aliphatic rings. The second-order valence-corrected chi connectivity index (χ2v) is 8.69. The van der Waals surface area contributed by atoms with Crippen LogP contribution in [0.15, 0.2) is 46.9 Å². The molecule has 4 rings (SSSR count). The summed E-state index contributed by atoms with van der Waals surface area (Å²) < 4.78 is 6.45. The van der Waals surface area contributed by atoms with E-state index in [9.17, 15) is 4.79 Å². The number of ether oxygens (including phenoxy) is 1. The maximum absolute atomic E-state index is 12.8. The molecule has 3 aromatic rings. The fraction of sp³-hybridized carbons (Fsp3) is 0.375. The summed E-state index contributed by atoms with van der Waals surface area (Å²) >= 11 is 3.59. The lowest BCUT2D eigenvalue weighted by Crippen LogP contribution is -2.41. The zero-order valence-corrected chi connectivity index (χ0v) is 19.6. The highest BCUT2D eigenvalue weighted by Gasteiger charge is 2.35. The number of fused-ring (bicyclic) bond motifs is 3. The Kier molecular flexibility index (Phi) is 6.95. The molecule has 3 N–H and O–H groups in total. The summed E-state index contributed by atoms with van der Waals surface area (Å²) in [7, 11) is 1.95. The van der Waals surface area contributed by atoms with Crippen molar-refractivity contribution in [2.45, 2.75) is 25.9 Å². The number of H-pyrrole nitrogens is 1. The standard InChI is InChI=1S/C24H29BrN4O2/c1-3-31-24(30)29-13-10-19-20-14-18(25)8-9-21(20)28-22(19)23(29)17-6-4-16(5-7-17)15-27-12-11-26-2/h4-9,14,23,26-28H,3,10-13,15H2,1-2H3. The fourth-order valence-electron chi connectivity index (χ4n) is 4.27. The van der Waals surface area contributed by atoms with Gasteiger partial charge in [-0.2, -0.15) is 0 Å². The number of hydrogen-bond donors (Lipinski definition) is 3. The smallest absolute Gasteiger partial charge is 0.410 e. The van der Waals surface area contributed by atoms with Gasteiger partial charge in [-0.1, -0.05) is 40.2 Å². The number of halogens is 1. The molecule has 0 spiro atoms. The Hall–Kier alpha value is -2.35. The third-order valence-corrected chi connectivity index (χ3v) is 6.26. The highest BCUT2D eigenvalue weighted by Crippen LogP contribution is 2.39. The van der Waals surface area contributed by atoms with Gasteiger partial charge in [-0.05, 0) is 55.3 Å². The summed E-state index contributed by atoms with van der Waals surface area (Å²) in [5, 5.41) is 7.78. The van der Waals surface area contributed by atoms with Gasteiger partial charge in [0.05, 0.1) is 6.61 Å². The lowest BCUT2D eigenvalue weighted by Gasteiger charge is -2.35. The number of aromatic amines is 1. The van der Waals surface area contributed by atoms with Crippen molar-refractivity contribution in [1.82, 2.24) is 20.5 Å². The van der Waals surface area contributed by atoms with Crippen LogP contribution < -0.4 is 10.6 Å². The second kappa shape index (κ2) is 9.85. The minimum atomic E-state index is -0.268. The third-order valence-electron chi connectivity index (χ3n) is 5.77. The lowest BCUT2D eigenvalue weighted by atomic mass is 9.92. The van der Waals surface area contributed by atoms with Crippen LogP contribution in [0.4, 0.5) is 4.79 Å². The van der Waals surface area contributed by atoms with E-state index < -0.39 is 0 Å². The van der Waals surface area contributed by atoms with E-state index in [-0.39, 0.29) is 12.1 Å². The summed E-state index contributed by atoms with van der Waals surface area (Å²) in [4.78, 5) is 18.2. The molecule has 164 valence electrons. The molecule has 2 aromatic carbocycles. The summed E-state index contributed by atoms with van der Waals surface area (Å²) in [6.07, 6.45) is 0.532. The molecule has 0 fully saturated rings. The van der Waals surface area contributed by atoms with Crippen molar-refractivity contribution in [3.63, 3.8) is 0 Å². The van der Waals surface area contributed by atoms with Gasteiger partial charge < -0.3 is 20.4 Å². The van der Waals surface area contributed by atoms with Crippen molar-refractivity contribution in [2.75, 3.05) is 33.3 Å². The lowest BCUT2D eigenvalue weighted by molar-refractivity contribution is 0.0932. The van der Waals surface area contributed by atoms with Gasteiger partial charge in [0.2, 0.25) is 0 Å². The highest BCUT2D eigenvalue weighted by molar-refractivity contribution is 9.10. The SMILES string of the molecule is CCOC(=O)N1CCc2c([nH]c3ccc(Br)cc23)C1c1ccc(CNCCNC)cc1. The molecule has 31 heavy (non-hydrogen) atoms. The van der Waals surface area contributed by atoms with Gasteiger partial charge in [0.1, 0.15) is 6.04 Å². The average molecular weight is 485 g/mol. The first-order chi connectivity index (χ1) is 15.1. The fourth-order valence-corrected chi connectivity index (χ4v) is 4.64. The minimum Gasteiger partial charge on any atom is -0.450 e. The topological polar surface area (TPSA) is 69.4 Å². The Morgan fingerprint density at radius 2 is 2.03 bits per heavy atom. The Morgan fingerprint density at radius 1 is 1.23 bits per heavy atom. The van der Waals surface area contributed by atoms with Crippen LogP contribution in [0.2, 0.25) is 0 Å². The number of carbonyl (C=O) groups is 1. The van der Waals surface area contributed by atoms with E-state index in [2.05, 4.69) is 67.9 Å². The number of hydrogen-bond acceptors (Lipinski definition) is 4. The van der Waals surface area contributed by atoms with E-state index in [1.807, 2.05) is 24.9 Å². The first kappa shape index (κ1) is 21.9. The summed E-state index contributed by atoms with van der Waals surface area (Å²) in [6, 6.07) is 14.6. The minimum absolute atomic E-state index is 0.194. The Labute approximate surface area is 191 Å². The number of rotatable bonds is 7. The van der Waals surface area contributed by atoms with Crippen LogP contribution in [0, 0.1) is 0 Å². The van der Waals surface area contributed by atoms with Gasteiger partial charge in [0.15, 0.2) is 0 Å². The molecular weight excluding hydrogens is 456 g/mol. The van der Waals surface area contributed by atoms with E-state index in [1.165, 1.54) is 16.5 Å². The number of likely N-dealkylation sites (N-methyl/N-ethyl adjacent to an activating group) is 1. The molecule has 1 atom stereocenters. The van der Waals surface area contributed by atoms with Crippen molar-refractivity contribution in [2.24, 2.45) is 0 Å². The van der Waals surface area contributed by atoms with Gasteiger partial charge in [0.25, 0.3) is 0 Å². The average Bonchev–Trinajstić information content (AvgIpc) is 3.14. The molecule has 1 aromatic heterocycles. The molecule has 0 saturated carbocycles. The quantitative estimate of drug-likeness (QED) is 0.436.